The summed E-state index contributed by atoms with van der Waals surface area (Å²) in [4.78, 5) is 27.6. The Labute approximate surface area is 147 Å². The van der Waals surface area contributed by atoms with E-state index in [-0.39, 0.29) is 18.0 Å². The highest BCUT2D eigenvalue weighted by molar-refractivity contribution is 5.78. The maximum Gasteiger partial charge on any atom is 0.223 e. The molecule has 0 bridgehead atoms. The molecule has 25 heavy (non-hydrogen) atoms. The largest absolute Gasteiger partial charge is 0.497 e. The van der Waals surface area contributed by atoms with Crippen LogP contribution in [0.4, 0.5) is 0 Å². The number of morpholine rings is 1. The highest BCUT2D eigenvalue weighted by atomic mass is 16.5. The van der Waals surface area contributed by atoms with Gasteiger partial charge in [0.05, 0.1) is 26.5 Å². The van der Waals surface area contributed by atoms with Crippen molar-refractivity contribution in [1.82, 2.24) is 15.1 Å². The van der Waals surface area contributed by atoms with Crippen molar-refractivity contribution in [2.45, 2.75) is 19.1 Å². The maximum atomic E-state index is 12.4. The Morgan fingerprint density at radius 2 is 2.04 bits per heavy atom. The molecule has 2 unspecified atom stereocenters. The van der Waals surface area contributed by atoms with Crippen molar-refractivity contribution in [2.75, 3.05) is 40.0 Å². The Bertz CT molecular complexity index is 586. The van der Waals surface area contributed by atoms with E-state index >= 15 is 0 Å². The lowest BCUT2D eigenvalue weighted by atomic mass is 10.0. The van der Waals surface area contributed by atoms with Gasteiger partial charge in [-0.25, -0.2) is 0 Å². The molecule has 2 amide bonds. The summed E-state index contributed by atoms with van der Waals surface area (Å²) in [6.45, 7) is 4.09. The van der Waals surface area contributed by atoms with Gasteiger partial charge in [-0.1, -0.05) is 12.1 Å². The van der Waals surface area contributed by atoms with Crippen LogP contribution in [0.2, 0.25) is 0 Å². The fourth-order valence-electron chi connectivity index (χ4n) is 3.58. The first-order valence-electron chi connectivity index (χ1n) is 8.63. The molecule has 2 aliphatic rings. The minimum absolute atomic E-state index is 0.0917. The average molecular weight is 347 g/mol. The minimum Gasteiger partial charge on any atom is -0.497 e. The molecular formula is C18H25N3O4. The molecule has 0 aliphatic carbocycles. The van der Waals surface area contributed by atoms with Crippen molar-refractivity contribution in [3.05, 3.63) is 29.8 Å². The molecule has 7 heteroatoms. The number of methoxy groups -OCH3 is 1. The third kappa shape index (κ3) is 4.29. The lowest BCUT2D eigenvalue weighted by molar-refractivity contribution is -0.128. The van der Waals surface area contributed by atoms with E-state index in [4.69, 9.17) is 9.47 Å². The fraction of sp³-hybridized carbons (Fsp3) is 0.556. The number of amides is 2. The lowest BCUT2D eigenvalue weighted by Gasteiger charge is -2.37. The number of likely N-dealkylation sites (tertiary alicyclic amines) is 1. The second-order valence-corrected chi connectivity index (χ2v) is 6.46. The quantitative estimate of drug-likeness (QED) is 0.725. The van der Waals surface area contributed by atoms with Gasteiger partial charge < -0.3 is 19.7 Å². The molecule has 1 aromatic rings. The minimum atomic E-state index is -0.119. The molecule has 136 valence electrons. The second-order valence-electron chi connectivity index (χ2n) is 6.46. The average Bonchev–Trinajstić information content (AvgIpc) is 3.01. The standard InChI is InChI=1S/C18H25N3O4/c1-24-16-4-2-14(3-5-16)11-21-12-15(10-17(21)23)18(19-13-22)20-6-8-25-9-7-20/h2-5,13,15,18H,6-12H2,1H3,(H,19,22). The number of carbonyl (C=O) groups is 2. The van der Waals surface area contributed by atoms with Crippen LogP contribution in [-0.2, 0) is 20.9 Å². The van der Waals surface area contributed by atoms with Gasteiger partial charge in [0.1, 0.15) is 5.75 Å². The summed E-state index contributed by atoms with van der Waals surface area (Å²) in [6, 6.07) is 7.75. The summed E-state index contributed by atoms with van der Waals surface area (Å²) in [5.41, 5.74) is 1.07. The Hall–Kier alpha value is -2.12. The van der Waals surface area contributed by atoms with Crippen molar-refractivity contribution >= 4 is 12.3 Å². The first-order valence-corrected chi connectivity index (χ1v) is 8.63. The zero-order valence-corrected chi connectivity index (χ0v) is 14.5. The van der Waals surface area contributed by atoms with Crippen LogP contribution >= 0.6 is 0 Å². The number of nitrogens with zero attached hydrogens (tertiary/aromatic N) is 2. The molecule has 0 spiro atoms. The van der Waals surface area contributed by atoms with Crippen LogP contribution in [0.25, 0.3) is 0 Å². The van der Waals surface area contributed by atoms with Gasteiger partial charge in [-0.15, -0.1) is 0 Å². The summed E-state index contributed by atoms with van der Waals surface area (Å²) in [5, 5.41) is 2.91. The molecule has 3 rings (SSSR count). The second kappa shape index (κ2) is 8.31. The maximum absolute atomic E-state index is 12.4. The Morgan fingerprint density at radius 3 is 2.68 bits per heavy atom. The van der Waals surface area contributed by atoms with Crippen molar-refractivity contribution in [1.29, 1.82) is 0 Å². The van der Waals surface area contributed by atoms with Crippen LogP contribution in [0.1, 0.15) is 12.0 Å². The predicted octanol–water partition coefficient (Wildman–Crippen LogP) is 0.448. The number of hydrogen-bond acceptors (Lipinski definition) is 5. The summed E-state index contributed by atoms with van der Waals surface area (Å²) in [6.07, 6.45) is 1.07. The van der Waals surface area contributed by atoms with Crippen molar-refractivity contribution < 1.29 is 19.1 Å². The Morgan fingerprint density at radius 1 is 1.32 bits per heavy atom. The molecule has 1 N–H and O–H groups in total. The number of rotatable bonds is 7. The molecule has 7 nitrogen and oxygen atoms in total. The predicted molar refractivity (Wildman–Crippen MR) is 91.9 cm³/mol. The van der Waals surface area contributed by atoms with Crippen LogP contribution in [0.15, 0.2) is 24.3 Å². The van der Waals surface area contributed by atoms with Crippen molar-refractivity contribution in [3.8, 4) is 5.75 Å². The van der Waals surface area contributed by atoms with Gasteiger partial charge >= 0.3 is 0 Å². The molecule has 1 aromatic carbocycles. The van der Waals surface area contributed by atoms with Gasteiger partial charge in [0.2, 0.25) is 12.3 Å². The van der Waals surface area contributed by atoms with Crippen LogP contribution in [0, 0.1) is 5.92 Å². The molecule has 0 saturated carbocycles. The van der Waals surface area contributed by atoms with E-state index in [0.717, 1.165) is 30.8 Å². The molecule has 2 aliphatic heterocycles. The zero-order valence-electron chi connectivity index (χ0n) is 14.5. The van der Waals surface area contributed by atoms with Crippen molar-refractivity contribution in [3.63, 3.8) is 0 Å². The molecule has 2 atom stereocenters. The number of nitrogens with one attached hydrogen (secondary N) is 1. The summed E-state index contributed by atoms with van der Waals surface area (Å²) in [5.74, 6) is 1.03. The van der Waals surface area contributed by atoms with E-state index in [1.807, 2.05) is 29.2 Å². The molecular weight excluding hydrogens is 322 g/mol. The first kappa shape index (κ1) is 17.7. The van der Waals surface area contributed by atoms with Gasteiger partial charge in [-0.2, -0.15) is 0 Å². The van der Waals surface area contributed by atoms with Crippen LogP contribution in [0.5, 0.6) is 5.75 Å². The van der Waals surface area contributed by atoms with Gasteiger partial charge in [0.25, 0.3) is 0 Å². The van der Waals surface area contributed by atoms with Gasteiger partial charge in [0, 0.05) is 38.5 Å². The molecule has 0 radical (unpaired) electrons. The number of benzene rings is 1. The van der Waals surface area contributed by atoms with Crippen molar-refractivity contribution in [2.24, 2.45) is 5.92 Å². The van der Waals surface area contributed by atoms with Crippen LogP contribution in [0.3, 0.4) is 0 Å². The van der Waals surface area contributed by atoms with E-state index in [1.165, 1.54) is 0 Å². The van der Waals surface area contributed by atoms with Crippen LogP contribution in [-0.4, -0.2) is 68.2 Å². The third-order valence-corrected chi connectivity index (χ3v) is 4.90. The molecule has 0 aromatic heterocycles. The highest BCUT2D eigenvalue weighted by Crippen LogP contribution is 2.25. The number of ether oxygens (including phenoxy) is 2. The molecule has 2 fully saturated rings. The van der Waals surface area contributed by atoms with E-state index in [0.29, 0.717) is 32.7 Å². The van der Waals surface area contributed by atoms with Gasteiger partial charge in [0.15, 0.2) is 0 Å². The van der Waals surface area contributed by atoms with E-state index in [1.54, 1.807) is 7.11 Å². The zero-order chi connectivity index (χ0) is 17.6. The van der Waals surface area contributed by atoms with E-state index in [2.05, 4.69) is 10.2 Å². The van der Waals surface area contributed by atoms with Gasteiger partial charge in [-0.05, 0) is 17.7 Å². The van der Waals surface area contributed by atoms with E-state index in [9.17, 15) is 9.59 Å². The summed E-state index contributed by atoms with van der Waals surface area (Å²) in [7, 11) is 1.63. The monoisotopic (exact) mass is 347 g/mol. The Balaban J connectivity index is 1.63. The normalized spacial score (nSPS) is 22.7. The molecule has 2 heterocycles. The highest BCUT2D eigenvalue weighted by Gasteiger charge is 2.37. The number of hydrogen-bond donors (Lipinski definition) is 1. The molecule has 2 saturated heterocycles. The topological polar surface area (TPSA) is 71.1 Å². The third-order valence-electron chi connectivity index (χ3n) is 4.90. The first-order chi connectivity index (χ1) is 12.2. The fourth-order valence-corrected chi connectivity index (χ4v) is 3.58. The SMILES string of the molecule is COc1ccc(CN2CC(C(NC=O)N3CCOCC3)CC2=O)cc1. The van der Waals surface area contributed by atoms with E-state index < -0.39 is 0 Å². The summed E-state index contributed by atoms with van der Waals surface area (Å²) < 4.78 is 10.6. The number of carbonyl (C=O) groups excluding carboxylic acids is 2. The van der Waals surface area contributed by atoms with Gasteiger partial charge in [-0.3, -0.25) is 14.5 Å². The summed E-state index contributed by atoms with van der Waals surface area (Å²) >= 11 is 0. The smallest absolute Gasteiger partial charge is 0.223 e. The Kier molecular flexibility index (Phi) is 5.88. The lowest BCUT2D eigenvalue weighted by Crippen LogP contribution is -2.54. The van der Waals surface area contributed by atoms with Crippen LogP contribution < -0.4 is 10.1 Å².